The van der Waals surface area contributed by atoms with E-state index in [0.29, 0.717) is 16.7 Å². The SMILES string of the molecule is CC.COC(=O)c1cc(C)cc(-c2ccc(C)cc2F)c1. The second kappa shape index (κ2) is 7.58. The lowest BCUT2D eigenvalue weighted by Crippen LogP contribution is -2.02. The summed E-state index contributed by atoms with van der Waals surface area (Å²) in [5.41, 5.74) is 3.34. The molecule has 0 bridgehead atoms. The number of benzene rings is 2. The van der Waals surface area contributed by atoms with E-state index in [1.54, 1.807) is 18.2 Å². The summed E-state index contributed by atoms with van der Waals surface area (Å²) < 4.78 is 18.7. The molecule has 2 aromatic carbocycles. The molecule has 2 nitrogen and oxygen atoms in total. The Hall–Kier alpha value is -2.16. The van der Waals surface area contributed by atoms with Crippen LogP contribution in [0.15, 0.2) is 36.4 Å². The summed E-state index contributed by atoms with van der Waals surface area (Å²) in [5, 5.41) is 0. The second-order valence-corrected chi connectivity index (χ2v) is 4.56. The van der Waals surface area contributed by atoms with E-state index in [9.17, 15) is 9.18 Å². The molecule has 3 heteroatoms. The van der Waals surface area contributed by atoms with Crippen LogP contribution in [0.3, 0.4) is 0 Å². The van der Waals surface area contributed by atoms with Crippen molar-refractivity contribution in [2.45, 2.75) is 27.7 Å². The molecule has 0 atom stereocenters. The van der Waals surface area contributed by atoms with Crippen LogP contribution in [0.5, 0.6) is 0 Å². The first-order chi connectivity index (χ1) is 10.0. The predicted octanol–water partition coefficient (Wildman–Crippen LogP) is 4.92. The molecule has 0 spiro atoms. The third-order valence-corrected chi connectivity index (χ3v) is 2.93. The predicted molar refractivity (Wildman–Crippen MR) is 84.0 cm³/mol. The molecular formula is C18H21FO2. The zero-order valence-electron chi connectivity index (χ0n) is 13.2. The molecule has 0 aliphatic carbocycles. The lowest BCUT2D eigenvalue weighted by molar-refractivity contribution is 0.0600. The molecule has 0 saturated carbocycles. The molecule has 0 aliphatic heterocycles. The van der Waals surface area contributed by atoms with Crippen LogP contribution in [0.25, 0.3) is 11.1 Å². The van der Waals surface area contributed by atoms with E-state index < -0.39 is 5.97 Å². The Bertz CT molecular complexity index is 633. The van der Waals surface area contributed by atoms with Gasteiger partial charge in [-0.2, -0.15) is 0 Å². The minimum absolute atomic E-state index is 0.290. The molecule has 21 heavy (non-hydrogen) atoms. The summed E-state index contributed by atoms with van der Waals surface area (Å²) in [7, 11) is 1.33. The average Bonchev–Trinajstić information content (AvgIpc) is 2.47. The second-order valence-electron chi connectivity index (χ2n) is 4.56. The van der Waals surface area contributed by atoms with Crippen LogP contribution >= 0.6 is 0 Å². The number of methoxy groups -OCH3 is 1. The van der Waals surface area contributed by atoms with E-state index in [2.05, 4.69) is 0 Å². The van der Waals surface area contributed by atoms with Crippen LogP contribution in [0.2, 0.25) is 0 Å². The Morgan fingerprint density at radius 3 is 2.24 bits per heavy atom. The topological polar surface area (TPSA) is 26.3 Å². The molecule has 0 fully saturated rings. The maximum absolute atomic E-state index is 14.0. The number of halogens is 1. The number of ether oxygens (including phenoxy) is 1. The average molecular weight is 288 g/mol. The van der Waals surface area contributed by atoms with Crippen molar-refractivity contribution in [1.29, 1.82) is 0 Å². The Labute approximate surface area is 125 Å². The van der Waals surface area contributed by atoms with Crippen molar-refractivity contribution in [3.05, 3.63) is 58.9 Å². The van der Waals surface area contributed by atoms with Crippen molar-refractivity contribution in [3.8, 4) is 11.1 Å². The Kier molecular flexibility index (Phi) is 6.10. The highest BCUT2D eigenvalue weighted by Gasteiger charge is 2.11. The smallest absolute Gasteiger partial charge is 0.337 e. The van der Waals surface area contributed by atoms with Crippen LogP contribution in [0, 0.1) is 19.7 Å². The summed E-state index contributed by atoms with van der Waals surface area (Å²) in [4.78, 5) is 11.6. The fourth-order valence-corrected chi connectivity index (χ4v) is 2.03. The van der Waals surface area contributed by atoms with Crippen molar-refractivity contribution < 1.29 is 13.9 Å². The zero-order valence-corrected chi connectivity index (χ0v) is 13.2. The summed E-state index contributed by atoms with van der Waals surface area (Å²) in [6.45, 7) is 7.70. The molecule has 2 rings (SSSR count). The highest BCUT2D eigenvalue weighted by Crippen LogP contribution is 2.26. The molecule has 2 aromatic rings. The molecule has 0 unspecified atom stereocenters. The summed E-state index contributed by atoms with van der Waals surface area (Å²) in [6.07, 6.45) is 0. The van der Waals surface area contributed by atoms with Crippen molar-refractivity contribution in [3.63, 3.8) is 0 Å². The van der Waals surface area contributed by atoms with Gasteiger partial charge in [-0.1, -0.05) is 32.0 Å². The minimum Gasteiger partial charge on any atom is -0.465 e. The first kappa shape index (κ1) is 16.9. The monoisotopic (exact) mass is 288 g/mol. The molecule has 0 N–H and O–H groups in total. The van der Waals surface area contributed by atoms with Gasteiger partial charge in [0.15, 0.2) is 0 Å². The van der Waals surface area contributed by atoms with E-state index in [1.807, 2.05) is 39.8 Å². The van der Waals surface area contributed by atoms with Crippen LogP contribution in [-0.4, -0.2) is 13.1 Å². The molecule has 0 aliphatic rings. The molecule has 112 valence electrons. The van der Waals surface area contributed by atoms with Gasteiger partial charge in [-0.05, 0) is 48.7 Å². The number of hydrogen-bond donors (Lipinski definition) is 0. The van der Waals surface area contributed by atoms with Gasteiger partial charge in [-0.3, -0.25) is 0 Å². The maximum Gasteiger partial charge on any atom is 0.337 e. The number of carbonyl (C=O) groups excluding carboxylic acids is 1. The number of aryl methyl sites for hydroxylation is 2. The zero-order chi connectivity index (χ0) is 16.0. The largest absolute Gasteiger partial charge is 0.465 e. The van der Waals surface area contributed by atoms with Gasteiger partial charge in [0, 0.05) is 5.56 Å². The number of carbonyl (C=O) groups is 1. The molecule has 0 saturated heterocycles. The van der Waals surface area contributed by atoms with E-state index in [4.69, 9.17) is 4.74 Å². The van der Waals surface area contributed by atoms with Crippen molar-refractivity contribution in [1.82, 2.24) is 0 Å². The van der Waals surface area contributed by atoms with Gasteiger partial charge in [-0.15, -0.1) is 0 Å². The van der Waals surface area contributed by atoms with Crippen LogP contribution in [0.4, 0.5) is 4.39 Å². The fourth-order valence-electron chi connectivity index (χ4n) is 2.03. The highest BCUT2D eigenvalue weighted by atomic mass is 19.1. The summed E-state index contributed by atoms with van der Waals surface area (Å²) in [5.74, 6) is -0.709. The molecule has 0 heterocycles. The van der Waals surface area contributed by atoms with Gasteiger partial charge in [0.05, 0.1) is 12.7 Å². The normalized spacial score (nSPS) is 9.62. The third kappa shape index (κ3) is 4.15. The Morgan fingerprint density at radius 1 is 1.00 bits per heavy atom. The summed E-state index contributed by atoms with van der Waals surface area (Å²) >= 11 is 0. The number of hydrogen-bond acceptors (Lipinski definition) is 2. The summed E-state index contributed by atoms with van der Waals surface area (Å²) in [6, 6.07) is 10.3. The first-order valence-electron chi connectivity index (χ1n) is 6.98. The van der Waals surface area contributed by atoms with Gasteiger partial charge in [0.2, 0.25) is 0 Å². The van der Waals surface area contributed by atoms with Crippen molar-refractivity contribution in [2.24, 2.45) is 0 Å². The highest BCUT2D eigenvalue weighted by molar-refractivity contribution is 5.91. The van der Waals surface area contributed by atoms with E-state index in [0.717, 1.165) is 11.1 Å². The lowest BCUT2D eigenvalue weighted by atomic mass is 9.99. The third-order valence-electron chi connectivity index (χ3n) is 2.93. The first-order valence-corrected chi connectivity index (χ1v) is 6.98. The lowest BCUT2D eigenvalue weighted by Gasteiger charge is -2.08. The van der Waals surface area contributed by atoms with E-state index >= 15 is 0 Å². The van der Waals surface area contributed by atoms with Gasteiger partial charge in [0.25, 0.3) is 0 Å². The van der Waals surface area contributed by atoms with Gasteiger partial charge < -0.3 is 4.74 Å². The van der Waals surface area contributed by atoms with Gasteiger partial charge in [-0.25, -0.2) is 9.18 Å². The van der Waals surface area contributed by atoms with Crippen LogP contribution in [0.1, 0.15) is 35.3 Å². The molecular weight excluding hydrogens is 267 g/mol. The van der Waals surface area contributed by atoms with Crippen LogP contribution < -0.4 is 0 Å². The van der Waals surface area contributed by atoms with E-state index in [-0.39, 0.29) is 5.82 Å². The maximum atomic E-state index is 14.0. The van der Waals surface area contributed by atoms with Gasteiger partial charge in [0.1, 0.15) is 5.82 Å². The van der Waals surface area contributed by atoms with Crippen LogP contribution in [-0.2, 0) is 4.74 Å². The van der Waals surface area contributed by atoms with E-state index in [1.165, 1.54) is 13.2 Å². The molecule has 0 radical (unpaired) electrons. The molecule has 0 aromatic heterocycles. The minimum atomic E-state index is -0.419. The van der Waals surface area contributed by atoms with Crippen molar-refractivity contribution in [2.75, 3.05) is 7.11 Å². The Balaban J connectivity index is 0.00000106. The number of rotatable bonds is 2. The van der Waals surface area contributed by atoms with Gasteiger partial charge >= 0.3 is 5.97 Å². The standard InChI is InChI=1S/C16H15FO2.C2H6/c1-10-4-5-14(15(17)8-10)12-6-11(2)7-13(9-12)16(18)19-3;1-2/h4-9H,1-3H3;1-2H3. The quantitative estimate of drug-likeness (QED) is 0.733. The van der Waals surface area contributed by atoms with Crippen molar-refractivity contribution >= 4 is 5.97 Å². The molecule has 0 amide bonds. The fraction of sp³-hybridized carbons (Fsp3) is 0.278. The number of esters is 1. The Morgan fingerprint density at radius 2 is 1.67 bits per heavy atom.